The molecule has 168 valence electrons. The first-order valence-electron chi connectivity index (χ1n) is 11.0. The first-order valence-corrected chi connectivity index (χ1v) is 11.9. The summed E-state index contributed by atoms with van der Waals surface area (Å²) in [6, 6.07) is 22.1. The lowest BCUT2D eigenvalue weighted by molar-refractivity contribution is -0.122. The van der Waals surface area contributed by atoms with Crippen molar-refractivity contribution >= 4 is 22.4 Å². The molecular formula is C27H27N3O2S. The van der Waals surface area contributed by atoms with E-state index in [1.165, 1.54) is 16.9 Å². The fourth-order valence-corrected chi connectivity index (χ4v) is 4.63. The third kappa shape index (κ3) is 5.12. The normalized spacial score (nSPS) is 11.7. The molecule has 0 fully saturated rings. The number of anilines is 1. The summed E-state index contributed by atoms with van der Waals surface area (Å²) >= 11 is 1.48. The molecule has 0 N–H and O–H groups in total. The smallest absolute Gasteiger partial charge is 0.231 e. The molecule has 0 saturated carbocycles. The van der Waals surface area contributed by atoms with Crippen LogP contribution in [-0.4, -0.2) is 30.0 Å². The molecule has 4 aromatic rings. The van der Waals surface area contributed by atoms with Crippen molar-refractivity contribution in [3.05, 3.63) is 83.9 Å². The maximum atomic E-state index is 13.2. The van der Waals surface area contributed by atoms with E-state index in [0.717, 1.165) is 35.2 Å². The lowest BCUT2D eigenvalue weighted by atomic mass is 9.96. The summed E-state index contributed by atoms with van der Waals surface area (Å²) < 4.78 is 5.18. The van der Waals surface area contributed by atoms with E-state index in [4.69, 9.17) is 9.72 Å². The van der Waals surface area contributed by atoms with Crippen LogP contribution in [0.15, 0.2) is 78.3 Å². The van der Waals surface area contributed by atoms with Crippen molar-refractivity contribution in [1.82, 2.24) is 9.97 Å². The van der Waals surface area contributed by atoms with Gasteiger partial charge in [0.25, 0.3) is 0 Å². The Balaban J connectivity index is 1.57. The van der Waals surface area contributed by atoms with E-state index in [9.17, 15) is 4.79 Å². The van der Waals surface area contributed by atoms with Gasteiger partial charge in [0.15, 0.2) is 5.13 Å². The van der Waals surface area contributed by atoms with Gasteiger partial charge < -0.3 is 4.74 Å². The summed E-state index contributed by atoms with van der Waals surface area (Å²) in [5.41, 5.74) is 5.04. The molecular weight excluding hydrogens is 430 g/mol. The van der Waals surface area contributed by atoms with Crippen molar-refractivity contribution < 1.29 is 9.53 Å². The van der Waals surface area contributed by atoms with Gasteiger partial charge in [-0.25, -0.2) is 9.97 Å². The highest BCUT2D eigenvalue weighted by atomic mass is 32.1. The number of thiazole rings is 1. The Morgan fingerprint density at radius 1 is 1.03 bits per heavy atom. The highest BCUT2D eigenvalue weighted by Crippen LogP contribution is 2.35. The Morgan fingerprint density at radius 3 is 2.42 bits per heavy atom. The Bertz CT molecular complexity index is 1210. The van der Waals surface area contributed by atoms with E-state index >= 15 is 0 Å². The number of amides is 1. The molecule has 0 saturated heterocycles. The number of hydrogen-bond acceptors (Lipinski definition) is 5. The Kier molecular flexibility index (Phi) is 7.15. The molecule has 33 heavy (non-hydrogen) atoms. The van der Waals surface area contributed by atoms with Crippen molar-refractivity contribution in [2.45, 2.75) is 19.8 Å². The average Bonchev–Trinajstić information content (AvgIpc) is 3.37. The van der Waals surface area contributed by atoms with Gasteiger partial charge in [-0.05, 0) is 30.0 Å². The zero-order valence-corrected chi connectivity index (χ0v) is 19.9. The highest BCUT2D eigenvalue weighted by Gasteiger charge is 2.24. The van der Waals surface area contributed by atoms with Crippen LogP contribution in [-0.2, 0) is 11.2 Å². The molecule has 0 bridgehead atoms. The molecule has 2 heterocycles. The van der Waals surface area contributed by atoms with Gasteiger partial charge in [0.2, 0.25) is 11.8 Å². The van der Waals surface area contributed by atoms with E-state index in [1.807, 2.05) is 61.0 Å². The average molecular weight is 458 g/mol. The Labute approximate surface area is 198 Å². The number of aromatic nitrogens is 2. The topological polar surface area (TPSA) is 55.3 Å². The highest BCUT2D eigenvalue weighted by molar-refractivity contribution is 7.14. The molecule has 0 spiro atoms. The fraction of sp³-hybridized carbons (Fsp3) is 0.222. The number of pyridine rings is 1. The second-order valence-electron chi connectivity index (χ2n) is 7.84. The molecule has 5 nitrogen and oxygen atoms in total. The number of methoxy groups -OCH3 is 1. The maximum absolute atomic E-state index is 13.2. The number of carbonyl (C=O) groups excluding carboxylic acids is 1. The van der Waals surface area contributed by atoms with Crippen LogP contribution in [0.4, 0.5) is 5.13 Å². The minimum Gasteiger partial charge on any atom is -0.481 e. The van der Waals surface area contributed by atoms with Gasteiger partial charge in [-0.1, -0.05) is 61.5 Å². The summed E-state index contributed by atoms with van der Waals surface area (Å²) in [5, 5.41) is 2.71. The Hall–Kier alpha value is -3.51. The molecule has 4 rings (SSSR count). The monoisotopic (exact) mass is 457 g/mol. The number of benzene rings is 2. The lowest BCUT2D eigenvalue weighted by Crippen LogP contribution is -2.33. The Morgan fingerprint density at radius 2 is 1.76 bits per heavy atom. The van der Waals surface area contributed by atoms with Gasteiger partial charge in [-0.15, -0.1) is 11.3 Å². The van der Waals surface area contributed by atoms with E-state index in [0.29, 0.717) is 11.0 Å². The number of carbonyl (C=O) groups is 1. The zero-order valence-electron chi connectivity index (χ0n) is 19.1. The van der Waals surface area contributed by atoms with E-state index in [2.05, 4.69) is 30.1 Å². The summed E-state index contributed by atoms with van der Waals surface area (Å²) in [4.78, 5) is 24.1. The molecule has 0 radical (unpaired) electrons. The minimum atomic E-state index is -0.0811. The van der Waals surface area contributed by atoms with Crippen molar-refractivity contribution in [3.8, 4) is 28.3 Å². The van der Waals surface area contributed by atoms with Crippen LogP contribution in [0.5, 0.6) is 5.88 Å². The van der Waals surface area contributed by atoms with Crippen LogP contribution < -0.4 is 9.64 Å². The number of ether oxygens (including phenoxy) is 1. The summed E-state index contributed by atoms with van der Waals surface area (Å²) in [6.07, 6.45) is 3.31. The number of nitrogens with zero attached hydrogens (tertiary/aromatic N) is 3. The fourth-order valence-electron chi connectivity index (χ4n) is 3.83. The van der Waals surface area contributed by atoms with Crippen LogP contribution in [0.25, 0.3) is 22.4 Å². The van der Waals surface area contributed by atoms with Gasteiger partial charge >= 0.3 is 0 Å². The molecule has 6 heteroatoms. The zero-order chi connectivity index (χ0) is 23.2. The van der Waals surface area contributed by atoms with Crippen molar-refractivity contribution in [2.24, 2.45) is 5.92 Å². The number of rotatable bonds is 8. The van der Waals surface area contributed by atoms with Crippen molar-refractivity contribution in [3.63, 3.8) is 0 Å². The molecule has 0 aliphatic carbocycles. The summed E-state index contributed by atoms with van der Waals surface area (Å²) in [6.45, 7) is 2.06. The predicted molar refractivity (Wildman–Crippen MR) is 135 cm³/mol. The second-order valence-corrected chi connectivity index (χ2v) is 8.68. The van der Waals surface area contributed by atoms with Crippen molar-refractivity contribution in [1.29, 1.82) is 0 Å². The summed E-state index contributed by atoms with van der Waals surface area (Å²) in [5.74, 6) is 0.589. The van der Waals surface area contributed by atoms with Crippen molar-refractivity contribution in [2.75, 3.05) is 19.1 Å². The first-order chi connectivity index (χ1) is 16.1. The largest absolute Gasteiger partial charge is 0.481 e. The minimum absolute atomic E-state index is 0.0811. The predicted octanol–water partition coefficient (Wildman–Crippen LogP) is 6.11. The van der Waals surface area contributed by atoms with Gasteiger partial charge in [0.05, 0.1) is 12.8 Å². The third-order valence-corrected chi connectivity index (χ3v) is 6.65. The molecule has 1 atom stereocenters. The van der Waals surface area contributed by atoms with Crippen LogP contribution in [0, 0.1) is 5.92 Å². The van der Waals surface area contributed by atoms with E-state index in [1.54, 1.807) is 18.2 Å². The van der Waals surface area contributed by atoms with Crippen LogP contribution in [0.1, 0.15) is 18.9 Å². The van der Waals surface area contributed by atoms with Gasteiger partial charge in [-0.2, -0.15) is 0 Å². The van der Waals surface area contributed by atoms with Gasteiger partial charge in [0, 0.05) is 41.7 Å². The molecule has 1 amide bonds. The molecule has 0 aliphatic rings. The molecule has 2 aromatic carbocycles. The summed E-state index contributed by atoms with van der Waals surface area (Å²) in [7, 11) is 3.42. The lowest BCUT2D eigenvalue weighted by Gasteiger charge is -2.21. The van der Waals surface area contributed by atoms with Crippen LogP contribution in [0.2, 0.25) is 0 Å². The van der Waals surface area contributed by atoms with Crippen LogP contribution in [0.3, 0.4) is 0 Å². The van der Waals surface area contributed by atoms with E-state index < -0.39 is 0 Å². The SMILES string of the molecule is CC[C@H](Cc1ccccc1)C(=O)N(C)c1nc(-c2ccccc2-c2ccc(OC)nc2)cs1. The quantitative estimate of drug-likeness (QED) is 0.320. The van der Waals surface area contributed by atoms with Crippen LogP contribution >= 0.6 is 11.3 Å². The van der Waals surface area contributed by atoms with E-state index in [-0.39, 0.29) is 11.8 Å². The third-order valence-electron chi connectivity index (χ3n) is 5.74. The first kappa shape index (κ1) is 22.7. The molecule has 0 unspecified atom stereocenters. The molecule has 0 aliphatic heterocycles. The molecule has 2 aromatic heterocycles. The standard InChI is InChI=1S/C27H27N3O2S/c1-4-20(16-19-10-6-5-7-11-19)26(31)30(2)27-29-24(18-33-27)23-13-9-8-12-22(23)21-14-15-25(32-3)28-17-21/h5-15,17-18,20H,4,16H2,1-3H3/t20-/m1/s1. The number of hydrogen-bond donors (Lipinski definition) is 0. The maximum Gasteiger partial charge on any atom is 0.231 e. The van der Waals surface area contributed by atoms with Gasteiger partial charge in [0.1, 0.15) is 0 Å². The second kappa shape index (κ2) is 10.4. The van der Waals surface area contributed by atoms with Gasteiger partial charge in [-0.3, -0.25) is 9.69 Å².